The fourth-order valence-corrected chi connectivity index (χ4v) is 3.14. The van der Waals surface area contributed by atoms with E-state index in [2.05, 4.69) is 15.5 Å². The monoisotopic (exact) mass is 350 g/mol. The Morgan fingerprint density at radius 2 is 2.29 bits per heavy atom. The van der Waals surface area contributed by atoms with Crippen LogP contribution in [0.5, 0.6) is 0 Å². The van der Waals surface area contributed by atoms with Crippen molar-refractivity contribution in [3.8, 4) is 0 Å². The van der Waals surface area contributed by atoms with Crippen LogP contribution in [0.25, 0.3) is 0 Å². The molecule has 1 unspecified atom stereocenters. The van der Waals surface area contributed by atoms with Crippen LogP contribution in [0.15, 0.2) is 24.4 Å². The Labute approximate surface area is 145 Å². The molecule has 24 heavy (non-hydrogen) atoms. The summed E-state index contributed by atoms with van der Waals surface area (Å²) in [4.78, 5) is 14.3. The summed E-state index contributed by atoms with van der Waals surface area (Å²) in [7, 11) is 1.69. The predicted octanol–water partition coefficient (Wildman–Crippen LogP) is 3.29. The molecule has 3 rings (SSSR count). The van der Waals surface area contributed by atoms with Crippen molar-refractivity contribution in [3.63, 3.8) is 0 Å². The first kappa shape index (κ1) is 16.9. The van der Waals surface area contributed by atoms with Crippen molar-refractivity contribution < 1.29 is 9.18 Å². The van der Waals surface area contributed by atoms with Gasteiger partial charge in [0.05, 0.1) is 22.5 Å². The molecule has 1 fully saturated rings. The second kappa shape index (κ2) is 7.32. The number of aromatic amines is 1. The van der Waals surface area contributed by atoms with E-state index in [1.54, 1.807) is 24.2 Å². The van der Waals surface area contributed by atoms with E-state index in [0.717, 1.165) is 31.5 Å². The average molecular weight is 351 g/mol. The van der Waals surface area contributed by atoms with Crippen molar-refractivity contribution in [1.29, 1.82) is 0 Å². The largest absolute Gasteiger partial charge is 0.337 e. The van der Waals surface area contributed by atoms with E-state index in [4.69, 9.17) is 11.6 Å². The highest BCUT2D eigenvalue weighted by atomic mass is 35.5. The number of nitrogens with one attached hydrogen (secondary N) is 2. The van der Waals surface area contributed by atoms with Crippen LogP contribution in [0.2, 0.25) is 5.02 Å². The molecule has 7 heteroatoms. The van der Waals surface area contributed by atoms with Crippen molar-refractivity contribution in [2.45, 2.75) is 31.8 Å². The summed E-state index contributed by atoms with van der Waals surface area (Å²) < 4.78 is 13.6. The quantitative estimate of drug-likeness (QED) is 0.889. The van der Waals surface area contributed by atoms with Gasteiger partial charge >= 0.3 is 0 Å². The number of hydrogen-bond donors (Lipinski definition) is 2. The standard InChI is InChI=1S/C17H20ClFN4O/c1-23(10-11-5-6-13(18)14(19)8-11)17(24)12-9-21-22-16(12)15-4-2-3-7-20-15/h5-6,8-9,15,20H,2-4,7,10H2,1H3,(H,21,22). The van der Waals surface area contributed by atoms with Gasteiger partial charge in [0.2, 0.25) is 0 Å². The van der Waals surface area contributed by atoms with Gasteiger partial charge in [0, 0.05) is 19.6 Å². The molecule has 0 saturated carbocycles. The first-order chi connectivity index (χ1) is 11.6. The minimum atomic E-state index is -0.481. The number of rotatable bonds is 4. The summed E-state index contributed by atoms with van der Waals surface area (Å²) in [5.41, 5.74) is 2.08. The van der Waals surface area contributed by atoms with E-state index in [1.165, 1.54) is 12.1 Å². The molecule has 1 saturated heterocycles. The van der Waals surface area contributed by atoms with E-state index in [1.807, 2.05) is 0 Å². The van der Waals surface area contributed by atoms with Gasteiger partial charge in [0.15, 0.2) is 0 Å². The topological polar surface area (TPSA) is 61.0 Å². The second-order valence-electron chi connectivity index (χ2n) is 6.11. The fourth-order valence-electron chi connectivity index (χ4n) is 3.02. The number of amides is 1. The van der Waals surface area contributed by atoms with Gasteiger partial charge in [-0.3, -0.25) is 9.89 Å². The molecule has 1 atom stereocenters. The average Bonchev–Trinajstić information content (AvgIpc) is 3.08. The fraction of sp³-hybridized carbons (Fsp3) is 0.412. The summed E-state index contributed by atoms with van der Waals surface area (Å²) in [6.07, 6.45) is 4.82. The number of carbonyl (C=O) groups is 1. The molecule has 128 valence electrons. The molecular formula is C17H20ClFN4O. The van der Waals surface area contributed by atoms with Crippen LogP contribution in [0.4, 0.5) is 4.39 Å². The Kier molecular flexibility index (Phi) is 5.16. The molecule has 2 heterocycles. The Hall–Kier alpha value is -1.92. The van der Waals surface area contributed by atoms with E-state index in [-0.39, 0.29) is 17.0 Å². The zero-order valence-corrected chi connectivity index (χ0v) is 14.2. The third-order valence-electron chi connectivity index (χ3n) is 4.31. The predicted molar refractivity (Wildman–Crippen MR) is 90.4 cm³/mol. The maximum Gasteiger partial charge on any atom is 0.257 e. The van der Waals surface area contributed by atoms with Crippen molar-refractivity contribution in [2.75, 3.05) is 13.6 Å². The molecule has 0 aliphatic carbocycles. The van der Waals surface area contributed by atoms with Crippen molar-refractivity contribution in [3.05, 3.63) is 52.1 Å². The van der Waals surface area contributed by atoms with Crippen molar-refractivity contribution >= 4 is 17.5 Å². The molecule has 0 spiro atoms. The molecule has 0 bridgehead atoms. The van der Waals surface area contributed by atoms with Crippen LogP contribution in [0.1, 0.15) is 46.9 Å². The third-order valence-corrected chi connectivity index (χ3v) is 4.61. The Bertz CT molecular complexity index is 727. The highest BCUT2D eigenvalue weighted by Crippen LogP contribution is 2.25. The molecule has 1 amide bonds. The lowest BCUT2D eigenvalue weighted by molar-refractivity contribution is 0.0782. The lowest BCUT2D eigenvalue weighted by atomic mass is 9.99. The summed E-state index contributed by atoms with van der Waals surface area (Å²) in [5.74, 6) is -0.619. The normalized spacial score (nSPS) is 17.7. The van der Waals surface area contributed by atoms with Crippen LogP contribution in [-0.2, 0) is 6.54 Å². The maximum absolute atomic E-state index is 13.6. The Morgan fingerprint density at radius 1 is 1.46 bits per heavy atom. The van der Waals surface area contributed by atoms with Crippen LogP contribution in [-0.4, -0.2) is 34.6 Å². The van der Waals surface area contributed by atoms with E-state index in [0.29, 0.717) is 17.7 Å². The highest BCUT2D eigenvalue weighted by molar-refractivity contribution is 6.30. The highest BCUT2D eigenvalue weighted by Gasteiger charge is 2.25. The molecule has 2 N–H and O–H groups in total. The molecule has 5 nitrogen and oxygen atoms in total. The first-order valence-corrected chi connectivity index (χ1v) is 8.40. The van der Waals surface area contributed by atoms with Gasteiger partial charge in [-0.05, 0) is 37.1 Å². The number of carbonyl (C=O) groups excluding carboxylic acids is 1. The summed E-state index contributed by atoms with van der Waals surface area (Å²) in [5, 5.41) is 10.5. The SMILES string of the molecule is CN(Cc1ccc(Cl)c(F)c1)C(=O)c1cn[nH]c1C1CCCCN1. The number of H-pyrrole nitrogens is 1. The molecular weight excluding hydrogens is 331 g/mol. The van der Waals surface area contributed by atoms with Crippen LogP contribution < -0.4 is 5.32 Å². The van der Waals surface area contributed by atoms with E-state index < -0.39 is 5.82 Å². The van der Waals surface area contributed by atoms with Gasteiger partial charge < -0.3 is 10.2 Å². The molecule has 1 aliphatic heterocycles. The second-order valence-corrected chi connectivity index (χ2v) is 6.52. The molecule has 1 aromatic carbocycles. The zero-order valence-electron chi connectivity index (χ0n) is 13.5. The number of nitrogens with zero attached hydrogens (tertiary/aromatic N) is 2. The van der Waals surface area contributed by atoms with Crippen molar-refractivity contribution in [2.24, 2.45) is 0 Å². The summed E-state index contributed by atoms with van der Waals surface area (Å²) >= 11 is 5.69. The Balaban J connectivity index is 1.74. The number of halogens is 2. The van der Waals surface area contributed by atoms with Gasteiger partial charge in [-0.2, -0.15) is 5.10 Å². The number of piperidine rings is 1. The number of benzene rings is 1. The van der Waals surface area contributed by atoms with Gasteiger partial charge in [0.1, 0.15) is 5.82 Å². The molecule has 2 aromatic rings. The summed E-state index contributed by atoms with van der Waals surface area (Å²) in [6.45, 7) is 1.24. The molecule has 1 aliphatic rings. The molecule has 1 aromatic heterocycles. The smallest absolute Gasteiger partial charge is 0.257 e. The minimum absolute atomic E-state index is 0.0771. The third kappa shape index (κ3) is 3.60. The van der Waals surface area contributed by atoms with E-state index in [9.17, 15) is 9.18 Å². The number of aromatic nitrogens is 2. The van der Waals surface area contributed by atoms with Gasteiger partial charge in [-0.1, -0.05) is 24.1 Å². The lowest BCUT2D eigenvalue weighted by Gasteiger charge is -2.24. The van der Waals surface area contributed by atoms with Crippen LogP contribution in [0, 0.1) is 5.82 Å². The Morgan fingerprint density at radius 3 is 3.00 bits per heavy atom. The maximum atomic E-state index is 13.6. The van der Waals surface area contributed by atoms with E-state index >= 15 is 0 Å². The summed E-state index contributed by atoms with van der Waals surface area (Å²) in [6, 6.07) is 4.69. The van der Waals surface area contributed by atoms with Gasteiger partial charge in [-0.15, -0.1) is 0 Å². The van der Waals surface area contributed by atoms with Crippen LogP contribution >= 0.6 is 11.6 Å². The lowest BCUT2D eigenvalue weighted by Crippen LogP contribution is -2.31. The van der Waals surface area contributed by atoms with Gasteiger partial charge in [0.25, 0.3) is 5.91 Å². The zero-order chi connectivity index (χ0) is 17.1. The number of hydrogen-bond acceptors (Lipinski definition) is 3. The molecule has 0 radical (unpaired) electrons. The van der Waals surface area contributed by atoms with Crippen LogP contribution in [0.3, 0.4) is 0 Å². The van der Waals surface area contributed by atoms with Gasteiger partial charge in [-0.25, -0.2) is 4.39 Å². The van der Waals surface area contributed by atoms with Crippen molar-refractivity contribution in [1.82, 2.24) is 20.4 Å². The first-order valence-electron chi connectivity index (χ1n) is 8.02. The minimum Gasteiger partial charge on any atom is -0.337 e.